The lowest BCUT2D eigenvalue weighted by atomic mass is 10.2. The van der Waals surface area contributed by atoms with Crippen LogP contribution in [0.15, 0.2) is 53.7 Å². The largest absolute Gasteiger partial charge is 0.324 e. The molecular weight excluding hydrogens is 232 g/mol. The van der Waals surface area contributed by atoms with Crippen LogP contribution in [0.25, 0.3) is 0 Å². The predicted octanol–water partition coefficient (Wildman–Crippen LogP) is 2.87. The molecular formula is C13H10N2OS. The van der Waals surface area contributed by atoms with E-state index < -0.39 is 0 Å². The van der Waals surface area contributed by atoms with Gasteiger partial charge in [-0.15, -0.1) is 11.8 Å². The summed E-state index contributed by atoms with van der Waals surface area (Å²) in [5.41, 5.74) is 1.83. The lowest BCUT2D eigenvalue weighted by Gasteiger charge is -2.23. The molecule has 0 bridgehead atoms. The summed E-state index contributed by atoms with van der Waals surface area (Å²) < 4.78 is 0. The molecule has 0 saturated carbocycles. The third kappa shape index (κ3) is 1.91. The Balaban J connectivity index is 1.98. The Morgan fingerprint density at radius 3 is 2.88 bits per heavy atom. The topological polar surface area (TPSA) is 42.0 Å². The molecule has 0 aliphatic carbocycles. The van der Waals surface area contributed by atoms with Crippen LogP contribution in [0.5, 0.6) is 0 Å². The van der Waals surface area contributed by atoms with E-state index in [1.807, 2.05) is 36.4 Å². The van der Waals surface area contributed by atoms with Crippen LogP contribution in [-0.4, -0.2) is 10.9 Å². The fourth-order valence-electron chi connectivity index (χ4n) is 1.80. The summed E-state index contributed by atoms with van der Waals surface area (Å²) in [5.74, 6) is 0.0155. The van der Waals surface area contributed by atoms with Crippen molar-refractivity contribution in [2.75, 3.05) is 5.32 Å². The molecule has 0 radical (unpaired) electrons. The lowest BCUT2D eigenvalue weighted by molar-refractivity contribution is -0.115. The number of fused-ring (bicyclic) bond motifs is 1. The second-order valence-corrected chi connectivity index (χ2v) is 4.92. The first-order valence-corrected chi connectivity index (χ1v) is 6.19. The Kier molecular flexibility index (Phi) is 2.57. The number of anilines is 1. The first-order valence-electron chi connectivity index (χ1n) is 5.31. The van der Waals surface area contributed by atoms with Crippen molar-refractivity contribution in [3.05, 3.63) is 54.4 Å². The van der Waals surface area contributed by atoms with Gasteiger partial charge < -0.3 is 5.32 Å². The number of hydrogen-bond donors (Lipinski definition) is 1. The van der Waals surface area contributed by atoms with Crippen LogP contribution in [0, 0.1) is 0 Å². The average Bonchev–Trinajstić information content (AvgIpc) is 2.39. The van der Waals surface area contributed by atoms with Crippen molar-refractivity contribution in [2.24, 2.45) is 0 Å². The molecule has 1 aromatic heterocycles. The first kappa shape index (κ1) is 10.4. The van der Waals surface area contributed by atoms with Crippen molar-refractivity contribution in [3.8, 4) is 0 Å². The highest BCUT2D eigenvalue weighted by molar-refractivity contribution is 8.00. The SMILES string of the molecule is O=C1Nc2ccccc2SC1c1cccnc1. The van der Waals surface area contributed by atoms with Crippen molar-refractivity contribution >= 4 is 23.4 Å². The fraction of sp³-hybridized carbons (Fsp3) is 0.0769. The van der Waals surface area contributed by atoms with Gasteiger partial charge in [-0.1, -0.05) is 18.2 Å². The zero-order chi connectivity index (χ0) is 11.7. The molecule has 1 unspecified atom stereocenters. The number of rotatable bonds is 1. The molecule has 1 aliphatic heterocycles. The molecule has 1 aromatic carbocycles. The maximum absolute atomic E-state index is 12.0. The van der Waals surface area contributed by atoms with Gasteiger partial charge in [-0.05, 0) is 23.8 Å². The molecule has 17 heavy (non-hydrogen) atoms. The molecule has 3 rings (SSSR count). The minimum absolute atomic E-state index is 0.0155. The lowest BCUT2D eigenvalue weighted by Crippen LogP contribution is -2.22. The van der Waals surface area contributed by atoms with E-state index in [1.54, 1.807) is 24.2 Å². The van der Waals surface area contributed by atoms with E-state index in [4.69, 9.17) is 0 Å². The second kappa shape index (κ2) is 4.22. The van der Waals surface area contributed by atoms with Crippen LogP contribution in [0.1, 0.15) is 10.8 Å². The summed E-state index contributed by atoms with van der Waals surface area (Å²) >= 11 is 1.57. The quantitative estimate of drug-likeness (QED) is 0.836. The third-order valence-corrected chi connectivity index (χ3v) is 3.95. The van der Waals surface area contributed by atoms with E-state index in [9.17, 15) is 4.79 Å². The van der Waals surface area contributed by atoms with E-state index in [0.717, 1.165) is 16.1 Å². The molecule has 2 heterocycles. The zero-order valence-corrected chi connectivity index (χ0v) is 9.78. The maximum atomic E-state index is 12.0. The Bertz CT molecular complexity index is 556. The number of thioether (sulfide) groups is 1. The highest BCUT2D eigenvalue weighted by Crippen LogP contribution is 2.43. The smallest absolute Gasteiger partial charge is 0.242 e. The number of nitrogens with zero attached hydrogens (tertiary/aromatic N) is 1. The van der Waals surface area contributed by atoms with Gasteiger partial charge in [0.15, 0.2) is 0 Å². The van der Waals surface area contributed by atoms with Crippen molar-refractivity contribution in [1.29, 1.82) is 0 Å². The molecule has 1 aliphatic rings. The third-order valence-electron chi connectivity index (χ3n) is 2.62. The van der Waals surface area contributed by atoms with Gasteiger partial charge in [0.2, 0.25) is 5.91 Å². The van der Waals surface area contributed by atoms with E-state index in [1.165, 1.54) is 0 Å². The second-order valence-electron chi connectivity index (χ2n) is 3.77. The number of pyridine rings is 1. The van der Waals surface area contributed by atoms with E-state index >= 15 is 0 Å². The van der Waals surface area contributed by atoms with E-state index in [0.29, 0.717) is 0 Å². The van der Waals surface area contributed by atoms with Gasteiger partial charge in [0.1, 0.15) is 5.25 Å². The van der Waals surface area contributed by atoms with Gasteiger partial charge in [0.25, 0.3) is 0 Å². The van der Waals surface area contributed by atoms with Crippen LogP contribution < -0.4 is 5.32 Å². The highest BCUT2D eigenvalue weighted by atomic mass is 32.2. The van der Waals surface area contributed by atoms with Crippen LogP contribution in [-0.2, 0) is 4.79 Å². The van der Waals surface area contributed by atoms with E-state index in [-0.39, 0.29) is 11.2 Å². The molecule has 3 nitrogen and oxygen atoms in total. The molecule has 1 atom stereocenters. The molecule has 4 heteroatoms. The number of amides is 1. The molecule has 0 fully saturated rings. The number of aromatic nitrogens is 1. The van der Waals surface area contributed by atoms with Gasteiger partial charge in [-0.3, -0.25) is 9.78 Å². The van der Waals surface area contributed by atoms with Gasteiger partial charge in [0.05, 0.1) is 5.69 Å². The van der Waals surface area contributed by atoms with Crippen molar-refractivity contribution < 1.29 is 4.79 Å². The number of para-hydroxylation sites is 1. The van der Waals surface area contributed by atoms with Crippen LogP contribution in [0.4, 0.5) is 5.69 Å². The minimum atomic E-state index is -0.210. The summed E-state index contributed by atoms with van der Waals surface area (Å²) in [5, 5.41) is 2.71. The normalized spacial score (nSPS) is 18.4. The summed E-state index contributed by atoms with van der Waals surface area (Å²) in [4.78, 5) is 17.2. The molecule has 0 spiro atoms. The Labute approximate surface area is 103 Å². The standard InChI is InChI=1S/C13H10N2OS/c16-13-12(9-4-3-7-14-8-9)17-11-6-2-1-5-10(11)15-13/h1-8,12H,(H,15,16). The molecule has 1 N–H and O–H groups in total. The fourth-order valence-corrected chi connectivity index (χ4v) is 2.90. The maximum Gasteiger partial charge on any atom is 0.242 e. The summed E-state index contributed by atoms with van der Waals surface area (Å²) in [6.45, 7) is 0. The van der Waals surface area contributed by atoms with Gasteiger partial charge in [0, 0.05) is 17.3 Å². The van der Waals surface area contributed by atoms with Crippen molar-refractivity contribution in [3.63, 3.8) is 0 Å². The Morgan fingerprint density at radius 2 is 2.06 bits per heavy atom. The summed E-state index contributed by atoms with van der Waals surface area (Å²) in [6, 6.07) is 11.6. The first-order chi connectivity index (χ1) is 8.34. The highest BCUT2D eigenvalue weighted by Gasteiger charge is 2.27. The minimum Gasteiger partial charge on any atom is -0.324 e. The van der Waals surface area contributed by atoms with Crippen LogP contribution in [0.3, 0.4) is 0 Å². The molecule has 84 valence electrons. The molecule has 2 aromatic rings. The summed E-state index contributed by atoms with van der Waals surface area (Å²) in [6.07, 6.45) is 3.45. The number of nitrogens with one attached hydrogen (secondary N) is 1. The Hall–Kier alpha value is -1.81. The number of carbonyl (C=O) groups excluding carboxylic acids is 1. The number of carbonyl (C=O) groups is 1. The zero-order valence-electron chi connectivity index (χ0n) is 8.96. The van der Waals surface area contributed by atoms with E-state index in [2.05, 4.69) is 10.3 Å². The number of hydrogen-bond acceptors (Lipinski definition) is 3. The summed E-state index contributed by atoms with van der Waals surface area (Å²) in [7, 11) is 0. The Morgan fingerprint density at radius 1 is 1.18 bits per heavy atom. The molecule has 1 amide bonds. The van der Waals surface area contributed by atoms with Crippen LogP contribution in [0.2, 0.25) is 0 Å². The van der Waals surface area contributed by atoms with Crippen LogP contribution >= 0.6 is 11.8 Å². The monoisotopic (exact) mass is 242 g/mol. The van der Waals surface area contributed by atoms with Gasteiger partial charge >= 0.3 is 0 Å². The average molecular weight is 242 g/mol. The van der Waals surface area contributed by atoms with Crippen molar-refractivity contribution in [2.45, 2.75) is 10.1 Å². The van der Waals surface area contributed by atoms with Gasteiger partial charge in [-0.25, -0.2) is 0 Å². The number of benzene rings is 1. The van der Waals surface area contributed by atoms with Crippen molar-refractivity contribution in [1.82, 2.24) is 4.98 Å². The predicted molar refractivity (Wildman–Crippen MR) is 67.9 cm³/mol. The van der Waals surface area contributed by atoms with Gasteiger partial charge in [-0.2, -0.15) is 0 Å². The molecule has 0 saturated heterocycles.